The lowest BCUT2D eigenvalue weighted by atomic mass is 9.82. The van der Waals surface area contributed by atoms with Crippen molar-refractivity contribution in [2.75, 3.05) is 13.6 Å². The molecule has 0 aliphatic carbocycles. The first-order valence-electron chi connectivity index (χ1n) is 6.10. The zero-order valence-corrected chi connectivity index (χ0v) is 11.6. The highest BCUT2D eigenvalue weighted by Gasteiger charge is 2.30. The molecule has 0 rings (SSSR count). The third-order valence-corrected chi connectivity index (χ3v) is 2.73. The molecule has 0 heterocycles. The molecule has 0 aliphatic heterocycles. The number of carbonyl (C=O) groups is 1. The van der Waals surface area contributed by atoms with Crippen LogP contribution in [-0.2, 0) is 4.79 Å². The van der Waals surface area contributed by atoms with E-state index in [0.717, 1.165) is 6.42 Å². The molecule has 0 aromatic heterocycles. The van der Waals surface area contributed by atoms with E-state index in [9.17, 15) is 9.90 Å². The summed E-state index contributed by atoms with van der Waals surface area (Å²) >= 11 is 0. The summed E-state index contributed by atoms with van der Waals surface area (Å²) in [7, 11) is 1.81. The smallest absolute Gasteiger partial charge is 0.227 e. The monoisotopic (exact) mass is 229 g/mol. The van der Waals surface area contributed by atoms with Gasteiger partial charge in [-0.25, -0.2) is 0 Å². The number of hydrogen-bond donors (Lipinski definition) is 1. The van der Waals surface area contributed by atoms with Crippen LogP contribution in [0.1, 0.15) is 47.5 Å². The van der Waals surface area contributed by atoms with Crippen molar-refractivity contribution < 1.29 is 9.90 Å². The Morgan fingerprint density at radius 1 is 1.31 bits per heavy atom. The van der Waals surface area contributed by atoms with Crippen LogP contribution in [0.4, 0.5) is 0 Å². The molecule has 1 amide bonds. The quantitative estimate of drug-likeness (QED) is 0.759. The van der Waals surface area contributed by atoms with Gasteiger partial charge in [-0.1, -0.05) is 27.7 Å². The van der Waals surface area contributed by atoms with Crippen LogP contribution in [0.15, 0.2) is 0 Å². The van der Waals surface area contributed by atoms with Crippen molar-refractivity contribution in [1.82, 2.24) is 4.90 Å². The zero-order valence-electron chi connectivity index (χ0n) is 11.6. The highest BCUT2D eigenvalue weighted by molar-refractivity contribution is 5.81. The molecular formula is C13H27NO2. The van der Waals surface area contributed by atoms with Gasteiger partial charge in [0.25, 0.3) is 0 Å². The maximum Gasteiger partial charge on any atom is 0.227 e. The van der Waals surface area contributed by atoms with Crippen molar-refractivity contribution in [3.05, 3.63) is 0 Å². The van der Waals surface area contributed by atoms with Crippen LogP contribution in [0.3, 0.4) is 0 Å². The van der Waals surface area contributed by atoms with E-state index in [0.29, 0.717) is 18.9 Å². The number of amides is 1. The van der Waals surface area contributed by atoms with E-state index in [1.165, 1.54) is 0 Å². The van der Waals surface area contributed by atoms with Crippen LogP contribution in [0, 0.1) is 11.3 Å². The third-order valence-electron chi connectivity index (χ3n) is 2.73. The van der Waals surface area contributed by atoms with Crippen LogP contribution in [0.2, 0.25) is 0 Å². The molecule has 1 atom stereocenters. The minimum Gasteiger partial charge on any atom is -0.393 e. The number of nitrogens with zero attached hydrogens (tertiary/aromatic N) is 1. The number of aliphatic hydroxyl groups excluding tert-OH is 1. The number of aliphatic hydroxyl groups is 1. The van der Waals surface area contributed by atoms with E-state index < -0.39 is 0 Å². The topological polar surface area (TPSA) is 40.5 Å². The van der Waals surface area contributed by atoms with Gasteiger partial charge >= 0.3 is 0 Å². The van der Waals surface area contributed by atoms with Crippen molar-refractivity contribution in [3.8, 4) is 0 Å². The first-order valence-corrected chi connectivity index (χ1v) is 6.10. The van der Waals surface area contributed by atoms with Gasteiger partial charge in [-0.15, -0.1) is 0 Å². The predicted octanol–water partition coefficient (Wildman–Crippen LogP) is 2.29. The molecule has 16 heavy (non-hydrogen) atoms. The molecule has 0 aromatic rings. The number of carbonyl (C=O) groups excluding carboxylic acids is 1. The second kappa shape index (κ2) is 6.24. The van der Waals surface area contributed by atoms with Gasteiger partial charge in [0.15, 0.2) is 0 Å². The van der Waals surface area contributed by atoms with E-state index in [2.05, 4.69) is 13.8 Å². The van der Waals surface area contributed by atoms with Crippen LogP contribution in [0.5, 0.6) is 0 Å². The highest BCUT2D eigenvalue weighted by atomic mass is 16.3. The van der Waals surface area contributed by atoms with Crippen molar-refractivity contribution in [2.45, 2.75) is 53.6 Å². The molecule has 1 unspecified atom stereocenters. The van der Waals surface area contributed by atoms with Gasteiger partial charge in [0.2, 0.25) is 5.91 Å². The molecule has 3 nitrogen and oxygen atoms in total. The molecule has 96 valence electrons. The second-order valence-corrected chi connectivity index (χ2v) is 5.85. The van der Waals surface area contributed by atoms with E-state index >= 15 is 0 Å². The average Bonchev–Trinajstić information content (AvgIpc) is 2.10. The Morgan fingerprint density at radius 2 is 1.81 bits per heavy atom. The van der Waals surface area contributed by atoms with Gasteiger partial charge in [0, 0.05) is 19.0 Å². The molecule has 0 saturated carbocycles. The summed E-state index contributed by atoms with van der Waals surface area (Å²) in [5.41, 5.74) is -0.304. The zero-order chi connectivity index (χ0) is 12.9. The number of rotatable bonds is 6. The Balaban J connectivity index is 4.30. The van der Waals surface area contributed by atoms with Gasteiger partial charge < -0.3 is 10.0 Å². The Kier molecular flexibility index (Phi) is 6.01. The Labute approximate surface area is 99.8 Å². The van der Waals surface area contributed by atoms with Gasteiger partial charge in [-0.3, -0.25) is 4.79 Å². The fourth-order valence-corrected chi connectivity index (χ4v) is 2.11. The van der Waals surface area contributed by atoms with Crippen molar-refractivity contribution in [1.29, 1.82) is 0 Å². The largest absolute Gasteiger partial charge is 0.393 e. The first-order chi connectivity index (χ1) is 7.16. The molecule has 0 bridgehead atoms. The molecule has 0 aromatic carbocycles. The molecular weight excluding hydrogens is 202 g/mol. The van der Waals surface area contributed by atoms with Gasteiger partial charge in [0.05, 0.1) is 6.10 Å². The van der Waals surface area contributed by atoms with Crippen molar-refractivity contribution in [3.63, 3.8) is 0 Å². The summed E-state index contributed by atoms with van der Waals surface area (Å²) < 4.78 is 0. The van der Waals surface area contributed by atoms with E-state index in [1.807, 2.05) is 20.9 Å². The summed E-state index contributed by atoms with van der Waals surface area (Å²) in [6.07, 6.45) is 1.19. The summed E-state index contributed by atoms with van der Waals surface area (Å²) in [5, 5.41) is 9.19. The van der Waals surface area contributed by atoms with E-state index in [-0.39, 0.29) is 17.4 Å². The minimum absolute atomic E-state index is 0.168. The lowest BCUT2D eigenvalue weighted by Crippen LogP contribution is -2.40. The van der Waals surface area contributed by atoms with Crippen molar-refractivity contribution >= 4 is 5.91 Å². The predicted molar refractivity (Wildman–Crippen MR) is 67.2 cm³/mol. The van der Waals surface area contributed by atoms with Gasteiger partial charge in [-0.05, 0) is 25.7 Å². The summed E-state index contributed by atoms with van der Waals surface area (Å²) in [4.78, 5) is 13.9. The molecule has 3 heteroatoms. The number of hydrogen-bond acceptors (Lipinski definition) is 2. The molecule has 1 N–H and O–H groups in total. The molecule has 0 fully saturated rings. The minimum atomic E-state index is -0.344. The van der Waals surface area contributed by atoms with E-state index in [4.69, 9.17) is 0 Å². The highest BCUT2D eigenvalue weighted by Crippen LogP contribution is 2.27. The van der Waals surface area contributed by atoms with Crippen molar-refractivity contribution in [2.24, 2.45) is 11.3 Å². The molecule has 0 aliphatic rings. The summed E-state index contributed by atoms with van der Waals surface area (Å²) in [5.74, 6) is 0.686. The van der Waals surface area contributed by atoms with Crippen LogP contribution < -0.4 is 0 Å². The molecule has 0 radical (unpaired) electrons. The first kappa shape index (κ1) is 15.4. The van der Waals surface area contributed by atoms with Crippen LogP contribution >= 0.6 is 0 Å². The Hall–Kier alpha value is -0.570. The van der Waals surface area contributed by atoms with E-state index in [1.54, 1.807) is 11.8 Å². The normalized spacial score (nSPS) is 14.0. The third kappa shape index (κ3) is 5.50. The molecule has 0 spiro atoms. The lowest BCUT2D eigenvalue weighted by Gasteiger charge is -2.31. The van der Waals surface area contributed by atoms with Gasteiger partial charge in [-0.2, -0.15) is 0 Å². The van der Waals surface area contributed by atoms with Crippen LogP contribution in [-0.4, -0.2) is 35.6 Å². The average molecular weight is 229 g/mol. The summed E-state index contributed by atoms with van der Waals surface area (Å²) in [6, 6.07) is 0. The maximum atomic E-state index is 12.2. The second-order valence-electron chi connectivity index (χ2n) is 5.85. The SMILES string of the molecule is CC(C)CC(C)(C)C(=O)N(C)CCC(C)O. The Morgan fingerprint density at radius 3 is 2.19 bits per heavy atom. The fraction of sp³-hybridized carbons (Fsp3) is 0.923. The lowest BCUT2D eigenvalue weighted by molar-refractivity contribution is -0.140. The molecule has 0 saturated heterocycles. The van der Waals surface area contributed by atoms with Crippen LogP contribution in [0.25, 0.3) is 0 Å². The Bertz CT molecular complexity index is 222. The maximum absolute atomic E-state index is 12.2. The summed E-state index contributed by atoms with van der Waals surface area (Å²) in [6.45, 7) is 10.6. The fourth-order valence-electron chi connectivity index (χ4n) is 2.11. The van der Waals surface area contributed by atoms with Gasteiger partial charge in [0.1, 0.15) is 0 Å². The standard InChI is InChI=1S/C13H27NO2/c1-10(2)9-13(4,5)12(16)14(6)8-7-11(3)15/h10-11,15H,7-9H2,1-6H3.